The zero-order chi connectivity index (χ0) is 13.9. The van der Waals surface area contributed by atoms with Gasteiger partial charge in [-0.25, -0.2) is 0 Å². The summed E-state index contributed by atoms with van der Waals surface area (Å²) in [4.78, 5) is 14.2. The van der Waals surface area contributed by atoms with E-state index in [4.69, 9.17) is 4.52 Å². The first-order valence-corrected chi connectivity index (χ1v) is 6.92. The smallest absolute Gasteiger partial charge is 0.242 e. The van der Waals surface area contributed by atoms with Gasteiger partial charge in [-0.15, -0.1) is 0 Å². The van der Waals surface area contributed by atoms with E-state index in [-0.39, 0.29) is 5.91 Å². The lowest BCUT2D eigenvalue weighted by Crippen LogP contribution is -2.57. The van der Waals surface area contributed by atoms with Crippen molar-refractivity contribution < 1.29 is 9.32 Å². The van der Waals surface area contributed by atoms with E-state index in [1.165, 1.54) is 6.42 Å². The molecule has 1 heterocycles. The molecule has 2 rings (SSSR count). The Morgan fingerprint density at radius 2 is 2.11 bits per heavy atom. The van der Waals surface area contributed by atoms with Crippen molar-refractivity contribution in [1.82, 2.24) is 15.4 Å². The fraction of sp³-hybridized carbons (Fsp3) is 0.714. The summed E-state index contributed by atoms with van der Waals surface area (Å²) >= 11 is 0. The fourth-order valence-electron chi connectivity index (χ4n) is 2.80. The van der Waals surface area contributed by atoms with Gasteiger partial charge in [-0.1, -0.05) is 24.4 Å². The van der Waals surface area contributed by atoms with Gasteiger partial charge in [0.2, 0.25) is 5.91 Å². The number of likely N-dealkylation sites (N-methyl/N-ethyl adjacent to an activating group) is 1. The lowest BCUT2D eigenvalue weighted by molar-refractivity contribution is -0.137. The minimum absolute atomic E-state index is 0.182. The third-order valence-corrected chi connectivity index (χ3v) is 3.99. The van der Waals surface area contributed by atoms with E-state index >= 15 is 0 Å². The second kappa shape index (κ2) is 5.74. The molecular weight excluding hydrogens is 242 g/mol. The van der Waals surface area contributed by atoms with Gasteiger partial charge in [0.15, 0.2) is 0 Å². The number of rotatable bonds is 4. The van der Waals surface area contributed by atoms with Gasteiger partial charge >= 0.3 is 0 Å². The van der Waals surface area contributed by atoms with Crippen LogP contribution < -0.4 is 5.32 Å². The zero-order valence-corrected chi connectivity index (χ0v) is 12.0. The summed E-state index contributed by atoms with van der Waals surface area (Å²) in [6, 6.07) is 0. The van der Waals surface area contributed by atoms with Crippen LogP contribution in [0.3, 0.4) is 0 Å². The molecule has 1 N–H and O–H groups in total. The van der Waals surface area contributed by atoms with Crippen LogP contribution in [0.5, 0.6) is 0 Å². The van der Waals surface area contributed by atoms with Crippen molar-refractivity contribution in [2.45, 2.75) is 51.1 Å². The molecule has 1 aromatic rings. The molecule has 1 amide bonds. The third kappa shape index (κ3) is 2.97. The maximum atomic E-state index is 12.5. The number of hydrogen-bond acceptors (Lipinski definition) is 4. The minimum atomic E-state index is -0.411. The van der Waals surface area contributed by atoms with Crippen LogP contribution in [0.1, 0.15) is 43.4 Å². The number of carbonyl (C=O) groups excluding carboxylic acids is 1. The van der Waals surface area contributed by atoms with E-state index in [0.29, 0.717) is 6.54 Å². The number of aromatic nitrogens is 1. The second-order valence-corrected chi connectivity index (χ2v) is 5.60. The Morgan fingerprint density at radius 3 is 2.63 bits per heavy atom. The molecule has 1 aliphatic rings. The number of nitrogens with zero attached hydrogens (tertiary/aromatic N) is 2. The van der Waals surface area contributed by atoms with Gasteiger partial charge in [-0.05, 0) is 19.8 Å². The Hall–Kier alpha value is -1.36. The molecule has 0 bridgehead atoms. The molecule has 0 aliphatic heterocycles. The average molecular weight is 265 g/mol. The average Bonchev–Trinajstić information content (AvgIpc) is 2.82. The van der Waals surface area contributed by atoms with Crippen LogP contribution in [-0.2, 0) is 11.3 Å². The minimum Gasteiger partial charge on any atom is -0.361 e. The first-order valence-electron chi connectivity index (χ1n) is 6.92. The molecule has 0 radical (unpaired) electrons. The predicted molar refractivity (Wildman–Crippen MR) is 72.6 cm³/mol. The number of carbonyl (C=O) groups is 1. The summed E-state index contributed by atoms with van der Waals surface area (Å²) in [5.41, 5.74) is 0.613. The highest BCUT2D eigenvalue weighted by Crippen LogP contribution is 2.30. The van der Waals surface area contributed by atoms with Crippen molar-refractivity contribution in [2.24, 2.45) is 0 Å². The first-order chi connectivity index (χ1) is 9.05. The topological polar surface area (TPSA) is 58.4 Å². The predicted octanol–water partition coefficient (Wildman–Crippen LogP) is 1.86. The van der Waals surface area contributed by atoms with E-state index in [2.05, 4.69) is 10.5 Å². The second-order valence-electron chi connectivity index (χ2n) is 5.60. The van der Waals surface area contributed by atoms with Gasteiger partial charge in [-0.2, -0.15) is 0 Å². The molecule has 1 aromatic heterocycles. The monoisotopic (exact) mass is 265 g/mol. The third-order valence-electron chi connectivity index (χ3n) is 3.99. The van der Waals surface area contributed by atoms with Crippen LogP contribution in [0.15, 0.2) is 10.7 Å². The highest BCUT2D eigenvalue weighted by Gasteiger charge is 2.40. The maximum absolute atomic E-state index is 12.5. The van der Waals surface area contributed by atoms with Crippen LogP contribution >= 0.6 is 0 Å². The summed E-state index contributed by atoms with van der Waals surface area (Å²) < 4.78 is 5.06. The molecule has 0 atom stereocenters. The Balaban J connectivity index is 2.10. The molecule has 0 aromatic carbocycles. The molecule has 19 heavy (non-hydrogen) atoms. The largest absolute Gasteiger partial charge is 0.361 e. The van der Waals surface area contributed by atoms with Gasteiger partial charge in [0.1, 0.15) is 5.76 Å². The summed E-state index contributed by atoms with van der Waals surface area (Å²) in [6.07, 6.45) is 6.97. The Bertz CT molecular complexity index is 434. The zero-order valence-electron chi connectivity index (χ0n) is 12.0. The molecule has 5 nitrogen and oxygen atoms in total. The molecule has 0 saturated heterocycles. The maximum Gasteiger partial charge on any atom is 0.242 e. The number of hydrogen-bond donors (Lipinski definition) is 1. The van der Waals surface area contributed by atoms with Crippen LogP contribution in [0, 0.1) is 6.92 Å². The van der Waals surface area contributed by atoms with Crippen molar-refractivity contribution in [3.63, 3.8) is 0 Å². The quantitative estimate of drug-likeness (QED) is 0.903. The van der Waals surface area contributed by atoms with Gasteiger partial charge in [0.25, 0.3) is 0 Å². The van der Waals surface area contributed by atoms with Crippen LogP contribution in [0.25, 0.3) is 0 Å². The standard InChI is InChI=1S/C14H23N3O2/c1-11-12(10-16-19-11)9-15-14(13(18)17(2)3)7-5-4-6-8-14/h10,15H,4-9H2,1-3H3. The van der Waals surface area contributed by atoms with Crippen molar-refractivity contribution in [3.8, 4) is 0 Å². The van der Waals surface area contributed by atoms with Gasteiger partial charge in [0, 0.05) is 26.2 Å². The van der Waals surface area contributed by atoms with Crippen molar-refractivity contribution >= 4 is 5.91 Å². The van der Waals surface area contributed by atoms with Crippen LogP contribution in [0.2, 0.25) is 0 Å². The summed E-state index contributed by atoms with van der Waals surface area (Å²) in [5.74, 6) is 0.997. The van der Waals surface area contributed by atoms with Gasteiger partial charge in [0.05, 0.1) is 11.7 Å². The molecule has 1 fully saturated rings. The summed E-state index contributed by atoms with van der Waals surface area (Å²) in [5, 5.41) is 7.25. The van der Waals surface area contributed by atoms with Crippen molar-refractivity contribution in [3.05, 3.63) is 17.5 Å². The highest BCUT2D eigenvalue weighted by atomic mass is 16.5. The van der Waals surface area contributed by atoms with Crippen LogP contribution in [0.4, 0.5) is 0 Å². The lowest BCUT2D eigenvalue weighted by Gasteiger charge is -2.38. The van der Waals surface area contributed by atoms with E-state index < -0.39 is 5.54 Å². The van der Waals surface area contributed by atoms with Gasteiger partial charge in [-0.3, -0.25) is 10.1 Å². The molecule has 0 spiro atoms. The molecule has 106 valence electrons. The number of aryl methyl sites for hydroxylation is 1. The first kappa shape index (κ1) is 14.1. The van der Waals surface area contributed by atoms with E-state index in [1.54, 1.807) is 11.1 Å². The lowest BCUT2D eigenvalue weighted by atomic mass is 9.80. The SMILES string of the molecule is Cc1oncc1CNC1(C(=O)N(C)C)CCCCC1. The molecule has 1 aliphatic carbocycles. The van der Waals surface area contributed by atoms with E-state index in [0.717, 1.165) is 37.0 Å². The highest BCUT2D eigenvalue weighted by molar-refractivity contribution is 5.86. The number of amides is 1. The van der Waals surface area contributed by atoms with Crippen molar-refractivity contribution in [2.75, 3.05) is 14.1 Å². The van der Waals surface area contributed by atoms with E-state index in [9.17, 15) is 4.79 Å². The van der Waals surface area contributed by atoms with E-state index in [1.807, 2.05) is 21.0 Å². The molecule has 0 unspecified atom stereocenters. The summed E-state index contributed by atoms with van der Waals surface area (Å²) in [7, 11) is 3.65. The van der Waals surface area contributed by atoms with Crippen molar-refractivity contribution in [1.29, 1.82) is 0 Å². The number of nitrogens with one attached hydrogen (secondary N) is 1. The Kier molecular flexibility index (Phi) is 4.24. The fourth-order valence-corrected chi connectivity index (χ4v) is 2.80. The van der Waals surface area contributed by atoms with Gasteiger partial charge < -0.3 is 9.42 Å². The molecule has 1 saturated carbocycles. The molecule has 5 heteroatoms. The molecular formula is C14H23N3O2. The normalized spacial score (nSPS) is 18.3. The van der Waals surface area contributed by atoms with Crippen LogP contribution in [-0.4, -0.2) is 35.6 Å². The summed E-state index contributed by atoms with van der Waals surface area (Å²) in [6.45, 7) is 2.53. The Labute approximate surface area is 114 Å². The Morgan fingerprint density at radius 1 is 1.42 bits per heavy atom.